The number of H-pyrrole nitrogens is 1. The zero-order chi connectivity index (χ0) is 14.9. The minimum atomic E-state index is -0.591. The third-order valence-electron chi connectivity index (χ3n) is 2.40. The van der Waals surface area contributed by atoms with Gasteiger partial charge in [0.25, 0.3) is 0 Å². The molecule has 2 aromatic rings. The van der Waals surface area contributed by atoms with Gasteiger partial charge in [0.2, 0.25) is 11.8 Å². The summed E-state index contributed by atoms with van der Waals surface area (Å²) in [6.07, 6.45) is 0.938. The van der Waals surface area contributed by atoms with Gasteiger partial charge in [-0.05, 0) is 20.8 Å². The van der Waals surface area contributed by atoms with E-state index in [9.17, 15) is 4.79 Å². The molecule has 8 nitrogen and oxygen atoms in total. The summed E-state index contributed by atoms with van der Waals surface area (Å²) in [7, 11) is 3.02. The van der Waals surface area contributed by atoms with Gasteiger partial charge >= 0.3 is 6.09 Å². The highest BCUT2D eigenvalue weighted by Crippen LogP contribution is 2.22. The number of hydrogen-bond acceptors (Lipinski definition) is 6. The third kappa shape index (κ3) is 2.79. The molecule has 0 saturated carbocycles. The van der Waals surface area contributed by atoms with Gasteiger partial charge in [0, 0.05) is 7.05 Å². The molecule has 2 rings (SSSR count). The Morgan fingerprint density at radius 2 is 2.05 bits per heavy atom. The van der Waals surface area contributed by atoms with Crippen LogP contribution in [-0.2, 0) is 4.74 Å². The van der Waals surface area contributed by atoms with Crippen LogP contribution >= 0.6 is 0 Å². The molecule has 0 atom stereocenters. The predicted octanol–water partition coefficient (Wildman–Crippen LogP) is 1.73. The van der Waals surface area contributed by atoms with Gasteiger partial charge in [-0.2, -0.15) is 9.97 Å². The summed E-state index contributed by atoms with van der Waals surface area (Å²) in [5.74, 6) is 0.480. The number of imidazole rings is 1. The van der Waals surface area contributed by atoms with E-state index in [2.05, 4.69) is 19.9 Å². The largest absolute Gasteiger partial charge is 0.479 e. The van der Waals surface area contributed by atoms with Crippen LogP contribution in [0.15, 0.2) is 6.33 Å². The molecule has 0 fully saturated rings. The smallest absolute Gasteiger partial charge is 0.416 e. The summed E-state index contributed by atoms with van der Waals surface area (Å²) in [4.78, 5) is 28.5. The highest BCUT2D eigenvalue weighted by atomic mass is 16.6. The first-order valence-corrected chi connectivity index (χ1v) is 6.03. The fraction of sp³-hybridized carbons (Fsp3) is 0.500. The van der Waals surface area contributed by atoms with Crippen molar-refractivity contribution in [2.75, 3.05) is 19.1 Å². The van der Waals surface area contributed by atoms with Crippen LogP contribution in [0.1, 0.15) is 20.8 Å². The minimum Gasteiger partial charge on any atom is -0.479 e. The number of nitrogens with one attached hydrogen (secondary N) is 1. The fourth-order valence-corrected chi connectivity index (χ4v) is 1.51. The number of carbonyl (C=O) groups is 1. The molecule has 0 unspecified atom stereocenters. The highest BCUT2D eigenvalue weighted by Gasteiger charge is 2.23. The van der Waals surface area contributed by atoms with Gasteiger partial charge in [0.05, 0.1) is 13.4 Å². The van der Waals surface area contributed by atoms with Gasteiger partial charge in [-0.3, -0.25) is 0 Å². The molecule has 1 amide bonds. The quantitative estimate of drug-likeness (QED) is 0.899. The molecule has 0 aliphatic carbocycles. The number of aromatic amines is 1. The van der Waals surface area contributed by atoms with Crippen molar-refractivity contribution in [2.24, 2.45) is 0 Å². The van der Waals surface area contributed by atoms with Gasteiger partial charge in [-0.1, -0.05) is 0 Å². The van der Waals surface area contributed by atoms with E-state index in [1.165, 1.54) is 25.4 Å². The van der Waals surface area contributed by atoms with Gasteiger partial charge in [-0.25, -0.2) is 14.7 Å². The van der Waals surface area contributed by atoms with E-state index in [0.717, 1.165) is 0 Å². The van der Waals surface area contributed by atoms with Crippen molar-refractivity contribution in [1.82, 2.24) is 19.9 Å². The Bertz CT molecular complexity index is 632. The number of carbonyl (C=O) groups excluding carboxylic acids is 1. The van der Waals surface area contributed by atoms with Gasteiger partial charge < -0.3 is 14.5 Å². The number of rotatable bonds is 2. The summed E-state index contributed by atoms with van der Waals surface area (Å²) in [5.41, 5.74) is 0.405. The Kier molecular flexibility index (Phi) is 3.47. The molecule has 0 saturated heterocycles. The molecule has 0 radical (unpaired) electrons. The lowest BCUT2D eigenvalue weighted by Gasteiger charge is -2.23. The Hall–Kier alpha value is -2.38. The number of amides is 1. The Balaban J connectivity index is 2.34. The molecule has 0 bridgehead atoms. The molecule has 20 heavy (non-hydrogen) atoms. The summed E-state index contributed by atoms with van der Waals surface area (Å²) in [6, 6.07) is 0. The van der Waals surface area contributed by atoms with Crippen molar-refractivity contribution in [3.05, 3.63) is 6.33 Å². The van der Waals surface area contributed by atoms with Crippen LogP contribution in [0, 0.1) is 0 Å². The van der Waals surface area contributed by atoms with Crippen molar-refractivity contribution in [1.29, 1.82) is 0 Å². The second kappa shape index (κ2) is 4.95. The molecular formula is C12H17N5O3. The normalized spacial score (nSPS) is 11.4. The second-order valence-electron chi connectivity index (χ2n) is 5.17. The van der Waals surface area contributed by atoms with Gasteiger partial charge in [-0.15, -0.1) is 0 Å². The first-order valence-electron chi connectivity index (χ1n) is 6.03. The summed E-state index contributed by atoms with van der Waals surface area (Å²) < 4.78 is 10.4. The van der Waals surface area contributed by atoms with E-state index in [-0.39, 0.29) is 5.95 Å². The number of fused-ring (bicyclic) bond motifs is 1. The second-order valence-corrected chi connectivity index (χ2v) is 5.17. The third-order valence-corrected chi connectivity index (χ3v) is 2.40. The van der Waals surface area contributed by atoms with E-state index in [1.807, 2.05) is 0 Å². The van der Waals surface area contributed by atoms with E-state index in [4.69, 9.17) is 9.47 Å². The molecule has 2 aromatic heterocycles. The molecule has 0 aromatic carbocycles. The number of ether oxygens (including phenoxy) is 2. The van der Waals surface area contributed by atoms with Crippen molar-refractivity contribution >= 4 is 23.2 Å². The lowest BCUT2D eigenvalue weighted by Crippen LogP contribution is -2.35. The van der Waals surface area contributed by atoms with Crippen LogP contribution in [0.2, 0.25) is 0 Å². The standard InChI is InChI=1S/C12H17N5O3/c1-12(2,3)20-11(18)17(4)10-15-8-7(13-6-14-8)9(16-10)19-5/h6H,1-5H3,(H,13,14,15,16). The van der Waals surface area contributed by atoms with Crippen LogP contribution in [0.25, 0.3) is 11.2 Å². The SMILES string of the molecule is COc1nc(N(C)C(=O)OC(C)(C)C)nc2nc[nH]c12. The maximum absolute atomic E-state index is 12.0. The monoisotopic (exact) mass is 279 g/mol. The number of hydrogen-bond donors (Lipinski definition) is 1. The molecule has 1 N–H and O–H groups in total. The number of aromatic nitrogens is 4. The van der Waals surface area contributed by atoms with E-state index >= 15 is 0 Å². The zero-order valence-electron chi connectivity index (χ0n) is 12.1. The van der Waals surface area contributed by atoms with Crippen LogP contribution in [-0.4, -0.2) is 45.8 Å². The van der Waals surface area contributed by atoms with E-state index in [1.54, 1.807) is 20.8 Å². The zero-order valence-corrected chi connectivity index (χ0v) is 12.1. The maximum atomic E-state index is 12.0. The van der Waals surface area contributed by atoms with Gasteiger partial charge in [0.1, 0.15) is 11.1 Å². The topological polar surface area (TPSA) is 93.2 Å². The van der Waals surface area contributed by atoms with E-state index in [0.29, 0.717) is 17.0 Å². The van der Waals surface area contributed by atoms with Crippen LogP contribution in [0.5, 0.6) is 5.88 Å². The number of anilines is 1. The fourth-order valence-electron chi connectivity index (χ4n) is 1.51. The molecular weight excluding hydrogens is 262 g/mol. The molecule has 108 valence electrons. The maximum Gasteiger partial charge on any atom is 0.416 e. The number of nitrogens with zero attached hydrogens (tertiary/aromatic N) is 4. The van der Waals surface area contributed by atoms with Crippen molar-refractivity contribution in [3.63, 3.8) is 0 Å². The Morgan fingerprint density at radius 1 is 1.35 bits per heavy atom. The van der Waals surface area contributed by atoms with Crippen molar-refractivity contribution in [3.8, 4) is 5.88 Å². The van der Waals surface area contributed by atoms with Crippen LogP contribution in [0.4, 0.5) is 10.7 Å². The lowest BCUT2D eigenvalue weighted by atomic mass is 10.2. The molecule has 8 heteroatoms. The first-order chi connectivity index (χ1) is 9.31. The summed E-state index contributed by atoms with van der Waals surface area (Å²) >= 11 is 0. The minimum absolute atomic E-state index is 0.163. The average molecular weight is 279 g/mol. The number of methoxy groups -OCH3 is 1. The first kappa shape index (κ1) is 14.0. The average Bonchev–Trinajstić information content (AvgIpc) is 2.82. The lowest BCUT2D eigenvalue weighted by molar-refractivity contribution is 0.0587. The summed E-state index contributed by atoms with van der Waals surface area (Å²) in [6.45, 7) is 5.37. The predicted molar refractivity (Wildman–Crippen MR) is 72.9 cm³/mol. The van der Waals surface area contributed by atoms with Crippen LogP contribution < -0.4 is 9.64 Å². The van der Waals surface area contributed by atoms with Gasteiger partial charge in [0.15, 0.2) is 5.65 Å². The summed E-state index contributed by atoms with van der Waals surface area (Å²) in [5, 5.41) is 0. The highest BCUT2D eigenvalue weighted by molar-refractivity contribution is 5.87. The van der Waals surface area contributed by atoms with Crippen molar-refractivity contribution in [2.45, 2.75) is 26.4 Å². The molecule has 2 heterocycles. The Morgan fingerprint density at radius 3 is 2.65 bits per heavy atom. The molecule has 0 aliphatic rings. The van der Waals surface area contributed by atoms with Crippen molar-refractivity contribution < 1.29 is 14.3 Å². The molecule has 0 spiro atoms. The molecule has 0 aliphatic heterocycles. The van der Waals surface area contributed by atoms with E-state index < -0.39 is 11.7 Å². The van der Waals surface area contributed by atoms with Crippen LogP contribution in [0.3, 0.4) is 0 Å². The Labute approximate surface area is 116 Å².